The van der Waals surface area contributed by atoms with Crippen molar-refractivity contribution < 1.29 is 11.6 Å². The average Bonchev–Trinajstić information content (AvgIpc) is 2.73. The van der Waals surface area contributed by atoms with Gasteiger partial charge in [-0.1, -0.05) is 48.5 Å². The van der Waals surface area contributed by atoms with E-state index < -0.39 is 18.1 Å². The molecule has 0 bridgehead atoms. The predicted molar refractivity (Wildman–Crippen MR) is 99.2 cm³/mol. The quantitative estimate of drug-likeness (QED) is 0.835. The molecule has 0 saturated carbocycles. The topological polar surface area (TPSA) is 23.6 Å². The van der Waals surface area contributed by atoms with Gasteiger partial charge in [0.1, 0.15) is 0 Å². The summed E-state index contributed by atoms with van der Waals surface area (Å²) in [5.74, 6) is -0.300. The van der Waals surface area contributed by atoms with E-state index in [9.17, 15) is 4.79 Å². The van der Waals surface area contributed by atoms with Crippen molar-refractivity contribution in [2.75, 3.05) is 24.5 Å². The fourth-order valence-electron chi connectivity index (χ4n) is 3.29. The number of para-hydroxylation sites is 1. The molecule has 3 nitrogen and oxygen atoms in total. The predicted octanol–water partition coefficient (Wildman–Crippen LogP) is 3.75. The largest absolute Gasteiger partial charge is 0.310 e. The third kappa shape index (κ3) is 4.24. The highest BCUT2D eigenvalue weighted by Crippen LogP contribution is 2.24. The van der Waals surface area contributed by atoms with Gasteiger partial charge in [-0.25, -0.2) is 0 Å². The first-order valence-electron chi connectivity index (χ1n) is 10.9. The summed E-state index contributed by atoms with van der Waals surface area (Å²) in [6.07, 6.45) is 2.37. The minimum Gasteiger partial charge on any atom is -0.310 e. The minimum atomic E-state index is -0.442. The molecule has 0 atom stereocenters. The van der Waals surface area contributed by atoms with Crippen LogP contribution in [0.1, 0.15) is 32.2 Å². The average molecular weight is 327 g/mol. The summed E-state index contributed by atoms with van der Waals surface area (Å²) >= 11 is 0. The van der Waals surface area contributed by atoms with Crippen LogP contribution in [0, 0.1) is 0 Å². The molecule has 3 rings (SSSR count). The van der Waals surface area contributed by atoms with E-state index in [0.717, 1.165) is 26.1 Å². The summed E-state index contributed by atoms with van der Waals surface area (Å²) in [5, 5.41) is 0. The second-order valence-electron chi connectivity index (χ2n) is 6.17. The first-order chi connectivity index (χ1) is 13.8. The molecule has 1 aliphatic rings. The number of nitrogens with zero attached hydrogens (tertiary/aromatic N) is 2. The Hall–Kier alpha value is -2.13. The molecular weight excluding hydrogens is 296 g/mol. The molecule has 1 amide bonds. The summed E-state index contributed by atoms with van der Waals surface area (Å²) in [6.45, 7) is 3.94. The standard InChI is InChI=1S/C21H26N2O/c1-18(24)23(20-10-6-3-7-11-20)21-13-16-22(17-14-21)15-12-19-8-4-2-5-9-19/h2-11,21H,12-17H2,1H3/i3D,6D,7D,10D,11D. The summed E-state index contributed by atoms with van der Waals surface area (Å²) in [7, 11) is 0. The van der Waals surface area contributed by atoms with Gasteiger partial charge in [-0.15, -0.1) is 0 Å². The molecular formula is C21H26N2O. The zero-order chi connectivity index (χ0) is 21.1. The second-order valence-corrected chi connectivity index (χ2v) is 6.17. The Bertz CT molecular complexity index is 853. The maximum Gasteiger partial charge on any atom is 0.224 e. The van der Waals surface area contributed by atoms with E-state index in [0.29, 0.717) is 12.8 Å². The van der Waals surface area contributed by atoms with Gasteiger partial charge in [0.2, 0.25) is 5.91 Å². The van der Waals surface area contributed by atoms with Crippen LogP contribution in [0.2, 0.25) is 0 Å². The van der Waals surface area contributed by atoms with Crippen LogP contribution in [0.4, 0.5) is 5.69 Å². The molecule has 0 radical (unpaired) electrons. The van der Waals surface area contributed by atoms with Gasteiger partial charge >= 0.3 is 0 Å². The zero-order valence-electron chi connectivity index (χ0n) is 19.0. The van der Waals surface area contributed by atoms with Crippen LogP contribution >= 0.6 is 0 Å². The van der Waals surface area contributed by atoms with E-state index in [4.69, 9.17) is 6.85 Å². The van der Waals surface area contributed by atoms with Gasteiger partial charge in [0.15, 0.2) is 0 Å². The Kier molecular flexibility index (Phi) is 3.86. The summed E-state index contributed by atoms with van der Waals surface area (Å²) in [5.41, 5.74) is 1.28. The molecule has 0 unspecified atom stereocenters. The number of carbonyl (C=O) groups is 1. The molecule has 0 spiro atoms. The van der Waals surface area contributed by atoms with Gasteiger partial charge in [0.25, 0.3) is 0 Å². The van der Waals surface area contributed by atoms with Gasteiger partial charge in [0, 0.05) is 38.3 Å². The van der Waals surface area contributed by atoms with Gasteiger partial charge in [0.05, 0.1) is 6.85 Å². The van der Waals surface area contributed by atoms with E-state index in [1.54, 1.807) is 0 Å². The van der Waals surface area contributed by atoms with E-state index in [1.807, 2.05) is 18.2 Å². The van der Waals surface area contributed by atoms with Crippen molar-refractivity contribution in [1.29, 1.82) is 0 Å². The van der Waals surface area contributed by atoms with Gasteiger partial charge in [-0.2, -0.15) is 0 Å². The first-order valence-corrected chi connectivity index (χ1v) is 8.44. The molecule has 2 aromatic carbocycles. The van der Waals surface area contributed by atoms with Crippen molar-refractivity contribution in [3.63, 3.8) is 0 Å². The Morgan fingerprint density at radius 3 is 2.46 bits per heavy atom. The first kappa shape index (κ1) is 11.4. The monoisotopic (exact) mass is 327 g/mol. The SMILES string of the molecule is [2H]c1c([2H])c([2H])c(N(C(C)=O)C2CCN(CCc3ccccc3)CC2)c([2H])c1[2H]. The number of carbonyl (C=O) groups excluding carboxylic acids is 1. The molecule has 3 heteroatoms. The number of hydrogen-bond donors (Lipinski definition) is 0. The third-order valence-corrected chi connectivity index (χ3v) is 4.55. The number of anilines is 1. The Balaban J connectivity index is 1.73. The van der Waals surface area contributed by atoms with E-state index in [-0.39, 0.29) is 29.7 Å². The maximum absolute atomic E-state index is 12.4. The number of hydrogen-bond acceptors (Lipinski definition) is 2. The van der Waals surface area contributed by atoms with E-state index >= 15 is 0 Å². The lowest BCUT2D eigenvalue weighted by Crippen LogP contribution is -2.47. The van der Waals surface area contributed by atoms with Crippen LogP contribution in [-0.4, -0.2) is 36.5 Å². The second kappa shape index (κ2) is 8.11. The van der Waals surface area contributed by atoms with E-state index in [1.165, 1.54) is 17.4 Å². The highest BCUT2D eigenvalue weighted by molar-refractivity contribution is 5.92. The lowest BCUT2D eigenvalue weighted by Gasteiger charge is -2.38. The molecule has 2 aromatic rings. The molecule has 0 N–H and O–H groups in total. The van der Waals surface area contributed by atoms with E-state index in [2.05, 4.69) is 17.0 Å². The lowest BCUT2D eigenvalue weighted by atomic mass is 10.0. The summed E-state index contributed by atoms with van der Waals surface area (Å²) in [6, 6.07) is 8.22. The maximum atomic E-state index is 12.4. The van der Waals surface area contributed by atoms with Gasteiger partial charge in [-0.05, 0) is 36.9 Å². The Morgan fingerprint density at radius 1 is 1.17 bits per heavy atom. The fourth-order valence-corrected chi connectivity index (χ4v) is 3.29. The summed E-state index contributed by atoms with van der Waals surface area (Å²) in [4.78, 5) is 16.2. The van der Waals surface area contributed by atoms with Crippen LogP contribution in [0.5, 0.6) is 0 Å². The van der Waals surface area contributed by atoms with Gasteiger partial charge < -0.3 is 9.80 Å². The third-order valence-electron chi connectivity index (χ3n) is 4.55. The van der Waals surface area contributed by atoms with Crippen LogP contribution < -0.4 is 4.90 Å². The Labute approximate surface area is 151 Å². The molecule has 0 aliphatic carbocycles. The van der Waals surface area contributed by atoms with Crippen molar-refractivity contribution in [2.24, 2.45) is 0 Å². The molecule has 1 saturated heterocycles. The lowest BCUT2D eigenvalue weighted by molar-refractivity contribution is -0.117. The van der Waals surface area contributed by atoms with Crippen LogP contribution in [-0.2, 0) is 11.2 Å². The van der Waals surface area contributed by atoms with Crippen LogP contribution in [0.3, 0.4) is 0 Å². The number of piperidine rings is 1. The number of likely N-dealkylation sites (tertiary alicyclic amines) is 1. The molecule has 1 fully saturated rings. The molecule has 126 valence electrons. The number of rotatable bonds is 5. The fraction of sp³-hybridized carbons (Fsp3) is 0.381. The molecule has 0 aromatic heterocycles. The van der Waals surface area contributed by atoms with Crippen molar-refractivity contribution >= 4 is 11.6 Å². The zero-order valence-corrected chi connectivity index (χ0v) is 14.0. The molecule has 1 heterocycles. The van der Waals surface area contributed by atoms with Crippen molar-refractivity contribution in [1.82, 2.24) is 4.90 Å². The highest BCUT2D eigenvalue weighted by atomic mass is 16.2. The smallest absolute Gasteiger partial charge is 0.224 e. The highest BCUT2D eigenvalue weighted by Gasteiger charge is 2.27. The molecule has 1 aliphatic heterocycles. The normalized spacial score (nSPS) is 19.0. The van der Waals surface area contributed by atoms with Crippen molar-refractivity contribution in [3.8, 4) is 0 Å². The number of benzene rings is 2. The van der Waals surface area contributed by atoms with Crippen molar-refractivity contribution in [2.45, 2.75) is 32.2 Å². The summed E-state index contributed by atoms with van der Waals surface area (Å²) < 4.78 is 40.0. The number of amides is 1. The van der Waals surface area contributed by atoms with Crippen LogP contribution in [0.25, 0.3) is 0 Å². The Morgan fingerprint density at radius 2 is 1.83 bits per heavy atom. The van der Waals surface area contributed by atoms with Crippen molar-refractivity contribution in [3.05, 3.63) is 66.1 Å². The minimum absolute atomic E-state index is 0.00812. The van der Waals surface area contributed by atoms with Crippen LogP contribution in [0.15, 0.2) is 60.5 Å². The molecule has 24 heavy (non-hydrogen) atoms. The van der Waals surface area contributed by atoms with Gasteiger partial charge in [-0.3, -0.25) is 4.79 Å².